The van der Waals surface area contributed by atoms with Crippen molar-refractivity contribution >= 4 is 5.91 Å². The number of nitrogens with one attached hydrogen (secondary N) is 2. The molecule has 0 atom stereocenters. The first-order valence-electron chi connectivity index (χ1n) is 6.97. The van der Waals surface area contributed by atoms with Crippen molar-refractivity contribution < 1.29 is 4.79 Å². The SMILES string of the molecule is CNCCc1ccccc1C(=O)N(C)Cc1n[nH]c(C)n1. The van der Waals surface area contributed by atoms with Crippen molar-refractivity contribution in [1.82, 2.24) is 25.4 Å². The molecule has 0 fully saturated rings. The van der Waals surface area contributed by atoms with Gasteiger partial charge in [0.1, 0.15) is 5.82 Å². The molecule has 0 spiro atoms. The van der Waals surface area contributed by atoms with Crippen molar-refractivity contribution in [3.8, 4) is 0 Å². The Morgan fingerprint density at radius 1 is 1.38 bits per heavy atom. The predicted molar refractivity (Wildman–Crippen MR) is 81.0 cm³/mol. The summed E-state index contributed by atoms with van der Waals surface area (Å²) in [4.78, 5) is 18.4. The average Bonchev–Trinajstić information content (AvgIpc) is 2.89. The minimum atomic E-state index is -0.0100. The zero-order valence-corrected chi connectivity index (χ0v) is 12.7. The summed E-state index contributed by atoms with van der Waals surface area (Å²) in [5, 5.41) is 9.95. The molecular formula is C15H21N5O. The first kappa shape index (κ1) is 15.2. The molecule has 1 aromatic heterocycles. The molecule has 2 N–H and O–H groups in total. The van der Waals surface area contributed by atoms with Gasteiger partial charge in [0.05, 0.1) is 6.54 Å². The number of benzene rings is 1. The molecule has 1 aromatic carbocycles. The molecule has 0 saturated carbocycles. The van der Waals surface area contributed by atoms with E-state index < -0.39 is 0 Å². The largest absolute Gasteiger partial charge is 0.334 e. The maximum absolute atomic E-state index is 12.6. The molecule has 6 nitrogen and oxygen atoms in total. The average molecular weight is 287 g/mol. The van der Waals surface area contributed by atoms with Crippen LogP contribution in [0.25, 0.3) is 0 Å². The molecule has 1 amide bonds. The number of nitrogens with zero attached hydrogens (tertiary/aromatic N) is 3. The number of aryl methyl sites for hydroxylation is 1. The highest BCUT2D eigenvalue weighted by atomic mass is 16.2. The third-order valence-electron chi connectivity index (χ3n) is 3.26. The van der Waals surface area contributed by atoms with Gasteiger partial charge in [0, 0.05) is 12.6 Å². The van der Waals surface area contributed by atoms with Crippen molar-refractivity contribution in [3.05, 3.63) is 47.0 Å². The summed E-state index contributed by atoms with van der Waals surface area (Å²) in [6, 6.07) is 7.71. The number of hydrogen-bond acceptors (Lipinski definition) is 4. The van der Waals surface area contributed by atoms with Gasteiger partial charge >= 0.3 is 0 Å². The van der Waals surface area contributed by atoms with Crippen LogP contribution in [0.4, 0.5) is 0 Å². The summed E-state index contributed by atoms with van der Waals surface area (Å²) in [5.74, 6) is 1.36. The summed E-state index contributed by atoms with van der Waals surface area (Å²) in [6.45, 7) is 3.07. The number of amides is 1. The maximum atomic E-state index is 12.6. The predicted octanol–water partition coefficient (Wildman–Crippen LogP) is 1.15. The van der Waals surface area contributed by atoms with E-state index >= 15 is 0 Å². The van der Waals surface area contributed by atoms with Crippen LogP contribution in [0.1, 0.15) is 27.6 Å². The highest BCUT2D eigenvalue weighted by Gasteiger charge is 2.16. The molecule has 112 valence electrons. The summed E-state index contributed by atoms with van der Waals surface area (Å²) in [6.07, 6.45) is 0.825. The third-order valence-corrected chi connectivity index (χ3v) is 3.26. The van der Waals surface area contributed by atoms with Crippen LogP contribution in [0.5, 0.6) is 0 Å². The summed E-state index contributed by atoms with van der Waals surface area (Å²) >= 11 is 0. The van der Waals surface area contributed by atoms with Gasteiger partial charge in [-0.05, 0) is 38.6 Å². The molecule has 0 radical (unpaired) electrons. The van der Waals surface area contributed by atoms with Gasteiger partial charge in [-0.15, -0.1) is 0 Å². The van der Waals surface area contributed by atoms with E-state index in [1.807, 2.05) is 38.2 Å². The molecule has 0 bridgehead atoms. The van der Waals surface area contributed by atoms with Gasteiger partial charge in [-0.25, -0.2) is 4.98 Å². The minimum Gasteiger partial charge on any atom is -0.334 e. The molecule has 0 aliphatic rings. The lowest BCUT2D eigenvalue weighted by Crippen LogP contribution is -2.28. The van der Waals surface area contributed by atoms with Gasteiger partial charge in [-0.3, -0.25) is 9.89 Å². The number of carbonyl (C=O) groups is 1. The van der Waals surface area contributed by atoms with Crippen molar-refractivity contribution in [2.75, 3.05) is 20.6 Å². The Labute approximate surface area is 124 Å². The van der Waals surface area contributed by atoms with E-state index in [0.717, 1.165) is 29.9 Å². The lowest BCUT2D eigenvalue weighted by molar-refractivity contribution is 0.0780. The monoisotopic (exact) mass is 287 g/mol. The van der Waals surface area contributed by atoms with E-state index in [1.165, 1.54) is 0 Å². The number of rotatable bonds is 6. The lowest BCUT2D eigenvalue weighted by Gasteiger charge is -2.17. The van der Waals surface area contributed by atoms with Gasteiger partial charge in [0.15, 0.2) is 5.82 Å². The van der Waals surface area contributed by atoms with E-state index in [4.69, 9.17) is 0 Å². The number of aromatic nitrogens is 3. The van der Waals surface area contributed by atoms with Crippen LogP contribution in [0.3, 0.4) is 0 Å². The van der Waals surface area contributed by atoms with Gasteiger partial charge in [-0.2, -0.15) is 5.10 Å². The maximum Gasteiger partial charge on any atom is 0.254 e. The normalized spacial score (nSPS) is 10.6. The Hall–Kier alpha value is -2.21. The minimum absolute atomic E-state index is 0.0100. The second-order valence-corrected chi connectivity index (χ2v) is 5.01. The molecule has 0 aliphatic heterocycles. The molecule has 6 heteroatoms. The van der Waals surface area contributed by atoms with Crippen LogP contribution in [0, 0.1) is 6.92 Å². The number of aromatic amines is 1. The fourth-order valence-electron chi connectivity index (χ4n) is 2.16. The highest BCUT2D eigenvalue weighted by molar-refractivity contribution is 5.95. The zero-order chi connectivity index (χ0) is 15.2. The molecule has 0 aliphatic carbocycles. The van der Waals surface area contributed by atoms with Crippen LogP contribution in [0.15, 0.2) is 24.3 Å². The fourth-order valence-corrected chi connectivity index (χ4v) is 2.16. The molecular weight excluding hydrogens is 266 g/mol. The van der Waals surface area contributed by atoms with Gasteiger partial charge in [0.2, 0.25) is 0 Å². The Kier molecular flexibility index (Phi) is 5.05. The van der Waals surface area contributed by atoms with Crippen LogP contribution >= 0.6 is 0 Å². The van der Waals surface area contributed by atoms with E-state index in [-0.39, 0.29) is 5.91 Å². The molecule has 2 aromatic rings. The van der Waals surface area contributed by atoms with Crippen molar-refractivity contribution in [2.45, 2.75) is 19.9 Å². The van der Waals surface area contributed by atoms with Crippen molar-refractivity contribution in [2.24, 2.45) is 0 Å². The highest BCUT2D eigenvalue weighted by Crippen LogP contribution is 2.13. The van der Waals surface area contributed by atoms with Crippen LogP contribution in [0.2, 0.25) is 0 Å². The van der Waals surface area contributed by atoms with Gasteiger partial charge in [-0.1, -0.05) is 18.2 Å². The van der Waals surface area contributed by atoms with Crippen LogP contribution in [-0.4, -0.2) is 46.6 Å². The van der Waals surface area contributed by atoms with E-state index in [1.54, 1.807) is 11.9 Å². The number of likely N-dealkylation sites (N-methyl/N-ethyl adjacent to an activating group) is 1. The first-order valence-corrected chi connectivity index (χ1v) is 6.97. The smallest absolute Gasteiger partial charge is 0.254 e. The lowest BCUT2D eigenvalue weighted by atomic mass is 10.0. The fraction of sp³-hybridized carbons (Fsp3) is 0.400. The molecule has 1 heterocycles. The Morgan fingerprint density at radius 2 is 2.14 bits per heavy atom. The quantitative estimate of drug-likeness (QED) is 0.836. The number of carbonyl (C=O) groups excluding carboxylic acids is 1. The molecule has 21 heavy (non-hydrogen) atoms. The van der Waals surface area contributed by atoms with E-state index in [0.29, 0.717) is 12.4 Å². The standard InChI is InChI=1S/C15H21N5O/c1-11-17-14(19-18-11)10-20(3)15(21)13-7-5-4-6-12(13)8-9-16-2/h4-7,16H,8-10H2,1-3H3,(H,17,18,19). The Bertz CT molecular complexity index is 608. The second-order valence-electron chi connectivity index (χ2n) is 5.01. The first-order chi connectivity index (χ1) is 10.1. The number of H-pyrrole nitrogens is 1. The van der Waals surface area contributed by atoms with Crippen molar-refractivity contribution in [1.29, 1.82) is 0 Å². The molecule has 2 rings (SSSR count). The third kappa shape index (κ3) is 3.88. The zero-order valence-electron chi connectivity index (χ0n) is 12.7. The van der Waals surface area contributed by atoms with E-state index in [9.17, 15) is 4.79 Å². The van der Waals surface area contributed by atoms with Crippen LogP contribution in [-0.2, 0) is 13.0 Å². The summed E-state index contributed by atoms with van der Waals surface area (Å²) < 4.78 is 0. The topological polar surface area (TPSA) is 73.9 Å². The van der Waals surface area contributed by atoms with Crippen LogP contribution < -0.4 is 5.32 Å². The van der Waals surface area contributed by atoms with Gasteiger partial charge < -0.3 is 10.2 Å². The Balaban J connectivity index is 2.11. The number of hydrogen-bond donors (Lipinski definition) is 2. The van der Waals surface area contributed by atoms with Crippen molar-refractivity contribution in [3.63, 3.8) is 0 Å². The van der Waals surface area contributed by atoms with E-state index in [2.05, 4.69) is 20.5 Å². The second kappa shape index (κ2) is 6.99. The summed E-state index contributed by atoms with van der Waals surface area (Å²) in [5.41, 5.74) is 1.79. The van der Waals surface area contributed by atoms with Gasteiger partial charge in [0.25, 0.3) is 5.91 Å². The summed E-state index contributed by atoms with van der Waals surface area (Å²) in [7, 11) is 3.67. The molecule has 0 unspecified atom stereocenters. The Morgan fingerprint density at radius 3 is 2.81 bits per heavy atom. The molecule has 0 saturated heterocycles.